The van der Waals surface area contributed by atoms with Crippen molar-refractivity contribution < 1.29 is 4.74 Å². The Morgan fingerprint density at radius 3 is 2.60 bits per heavy atom. The first kappa shape index (κ1) is 15.7. The third-order valence-corrected chi connectivity index (χ3v) is 4.57. The van der Waals surface area contributed by atoms with Crippen LogP contribution >= 0.6 is 11.6 Å². The van der Waals surface area contributed by atoms with Crippen LogP contribution in [-0.2, 0) is 6.54 Å². The van der Waals surface area contributed by atoms with E-state index in [1.54, 1.807) is 36.2 Å². The van der Waals surface area contributed by atoms with E-state index in [1.165, 1.54) is 0 Å². The number of aromatic nitrogens is 2. The van der Waals surface area contributed by atoms with Crippen LogP contribution in [0.3, 0.4) is 0 Å². The predicted octanol–water partition coefficient (Wildman–Crippen LogP) is 4.26. The lowest BCUT2D eigenvalue weighted by molar-refractivity contribution is 0.414. The van der Waals surface area contributed by atoms with Gasteiger partial charge in [0.05, 0.1) is 25.4 Å². The highest BCUT2D eigenvalue weighted by molar-refractivity contribution is 6.31. The van der Waals surface area contributed by atoms with E-state index in [4.69, 9.17) is 16.3 Å². The van der Waals surface area contributed by atoms with Gasteiger partial charge in [-0.25, -0.2) is 0 Å². The largest absolute Gasteiger partial charge is 0.497 e. The fourth-order valence-electron chi connectivity index (χ4n) is 3.08. The maximum atomic E-state index is 13.1. The quantitative estimate of drug-likeness (QED) is 0.518. The van der Waals surface area contributed by atoms with Gasteiger partial charge in [0.1, 0.15) is 5.75 Å². The number of ether oxygens (including phenoxy) is 1. The standard InChI is InChI=1S/C20H15ClN2O2/c1-25-15-5-2-13(3-6-15)12-23-19-11-22-9-8-17(19)16-7-4-14(21)10-18(16)20(23)24/h2-11H,12H2,1H3. The Bertz CT molecular complexity index is 1130. The Kier molecular flexibility index (Phi) is 3.90. The second-order valence-corrected chi connectivity index (χ2v) is 6.26. The van der Waals surface area contributed by atoms with Gasteiger partial charge >= 0.3 is 0 Å². The first-order chi connectivity index (χ1) is 12.2. The van der Waals surface area contributed by atoms with E-state index in [2.05, 4.69) is 4.98 Å². The molecule has 0 aliphatic heterocycles. The van der Waals surface area contributed by atoms with Crippen molar-refractivity contribution in [1.82, 2.24) is 9.55 Å². The summed E-state index contributed by atoms with van der Waals surface area (Å²) in [5.74, 6) is 0.785. The van der Waals surface area contributed by atoms with Crippen LogP contribution in [0.4, 0.5) is 0 Å². The van der Waals surface area contributed by atoms with Crippen molar-refractivity contribution in [2.45, 2.75) is 6.54 Å². The summed E-state index contributed by atoms with van der Waals surface area (Å²) in [5.41, 5.74) is 1.74. The fourth-order valence-corrected chi connectivity index (χ4v) is 3.25. The smallest absolute Gasteiger partial charge is 0.259 e. The first-order valence-corrected chi connectivity index (χ1v) is 8.24. The van der Waals surface area contributed by atoms with Crippen LogP contribution in [0.25, 0.3) is 21.7 Å². The van der Waals surface area contributed by atoms with Gasteiger partial charge in [0.15, 0.2) is 0 Å². The van der Waals surface area contributed by atoms with E-state index >= 15 is 0 Å². The van der Waals surface area contributed by atoms with Crippen molar-refractivity contribution in [2.24, 2.45) is 0 Å². The van der Waals surface area contributed by atoms with Crippen molar-refractivity contribution in [3.63, 3.8) is 0 Å². The number of pyridine rings is 2. The van der Waals surface area contributed by atoms with Crippen molar-refractivity contribution in [3.8, 4) is 5.75 Å². The number of hydrogen-bond donors (Lipinski definition) is 0. The predicted molar refractivity (Wildman–Crippen MR) is 101 cm³/mol. The van der Waals surface area contributed by atoms with Crippen molar-refractivity contribution in [3.05, 3.63) is 81.9 Å². The van der Waals surface area contributed by atoms with Gasteiger partial charge in [-0.05, 0) is 41.3 Å². The molecule has 0 radical (unpaired) electrons. The third-order valence-electron chi connectivity index (χ3n) is 4.34. The van der Waals surface area contributed by atoms with Crippen LogP contribution in [0.2, 0.25) is 5.02 Å². The highest BCUT2D eigenvalue weighted by Crippen LogP contribution is 2.25. The summed E-state index contributed by atoms with van der Waals surface area (Å²) >= 11 is 6.11. The van der Waals surface area contributed by atoms with Crippen LogP contribution in [0.5, 0.6) is 5.75 Å². The lowest BCUT2D eigenvalue weighted by atomic mass is 10.1. The van der Waals surface area contributed by atoms with Crippen LogP contribution in [0, 0.1) is 0 Å². The van der Waals surface area contributed by atoms with Gasteiger partial charge in [0, 0.05) is 22.0 Å². The molecule has 0 unspecified atom stereocenters. The summed E-state index contributed by atoms with van der Waals surface area (Å²) in [6.45, 7) is 0.452. The second kappa shape index (κ2) is 6.22. The zero-order valence-electron chi connectivity index (χ0n) is 13.6. The molecule has 2 aromatic carbocycles. The average molecular weight is 351 g/mol. The Morgan fingerprint density at radius 1 is 1.04 bits per heavy atom. The molecule has 25 heavy (non-hydrogen) atoms. The zero-order valence-corrected chi connectivity index (χ0v) is 14.3. The van der Waals surface area contributed by atoms with Gasteiger partial charge < -0.3 is 9.30 Å². The molecule has 0 atom stereocenters. The average Bonchev–Trinajstić information content (AvgIpc) is 2.65. The van der Waals surface area contributed by atoms with Gasteiger partial charge in [0.2, 0.25) is 0 Å². The minimum Gasteiger partial charge on any atom is -0.497 e. The topological polar surface area (TPSA) is 44.1 Å². The molecule has 0 bridgehead atoms. The number of fused-ring (bicyclic) bond motifs is 3. The molecule has 4 rings (SSSR count). The first-order valence-electron chi connectivity index (χ1n) is 7.86. The molecular formula is C20H15ClN2O2. The minimum absolute atomic E-state index is 0.0752. The zero-order chi connectivity index (χ0) is 17.4. The lowest BCUT2D eigenvalue weighted by Crippen LogP contribution is -2.21. The van der Waals surface area contributed by atoms with Crippen LogP contribution in [-0.4, -0.2) is 16.7 Å². The van der Waals surface area contributed by atoms with Crippen LogP contribution < -0.4 is 10.3 Å². The van der Waals surface area contributed by atoms with Gasteiger partial charge in [0.25, 0.3) is 5.56 Å². The number of benzene rings is 2. The summed E-state index contributed by atoms with van der Waals surface area (Å²) in [6.07, 6.45) is 3.47. The van der Waals surface area contributed by atoms with E-state index in [9.17, 15) is 4.79 Å². The molecular weight excluding hydrogens is 336 g/mol. The SMILES string of the molecule is COc1ccc(Cn2c(=O)c3cc(Cl)ccc3c3ccncc32)cc1. The van der Waals surface area contributed by atoms with E-state index < -0.39 is 0 Å². The molecule has 124 valence electrons. The number of hydrogen-bond acceptors (Lipinski definition) is 3. The van der Waals surface area contributed by atoms with E-state index in [0.717, 1.165) is 27.6 Å². The lowest BCUT2D eigenvalue weighted by Gasteiger charge is -2.13. The second-order valence-electron chi connectivity index (χ2n) is 5.82. The van der Waals surface area contributed by atoms with Gasteiger partial charge in [-0.3, -0.25) is 9.78 Å². The maximum Gasteiger partial charge on any atom is 0.259 e. The number of methoxy groups -OCH3 is 1. The summed E-state index contributed by atoms with van der Waals surface area (Å²) in [4.78, 5) is 17.3. The number of nitrogens with zero attached hydrogens (tertiary/aromatic N) is 2. The normalized spacial score (nSPS) is 11.1. The van der Waals surface area contributed by atoms with Gasteiger partial charge in [-0.1, -0.05) is 29.8 Å². The Balaban J connectivity index is 1.97. The fraction of sp³-hybridized carbons (Fsp3) is 0.100. The molecule has 0 N–H and O–H groups in total. The molecule has 0 spiro atoms. The summed E-state index contributed by atoms with van der Waals surface area (Å²) in [7, 11) is 1.63. The summed E-state index contributed by atoms with van der Waals surface area (Å²) in [6, 6.07) is 15.0. The van der Waals surface area contributed by atoms with Gasteiger partial charge in [-0.2, -0.15) is 0 Å². The van der Waals surface area contributed by atoms with E-state index in [1.807, 2.05) is 36.4 Å². The molecule has 4 aromatic rings. The summed E-state index contributed by atoms with van der Waals surface area (Å²) < 4.78 is 6.93. The molecule has 4 nitrogen and oxygen atoms in total. The highest BCUT2D eigenvalue weighted by atomic mass is 35.5. The molecule has 0 amide bonds. The van der Waals surface area contributed by atoms with E-state index in [-0.39, 0.29) is 5.56 Å². The Labute approximate surface area is 149 Å². The Morgan fingerprint density at radius 2 is 1.84 bits per heavy atom. The van der Waals surface area contributed by atoms with Gasteiger partial charge in [-0.15, -0.1) is 0 Å². The molecule has 2 aromatic heterocycles. The van der Waals surface area contributed by atoms with Crippen molar-refractivity contribution >= 4 is 33.3 Å². The molecule has 0 fully saturated rings. The molecule has 5 heteroatoms. The monoisotopic (exact) mass is 350 g/mol. The number of rotatable bonds is 3. The van der Waals surface area contributed by atoms with Crippen molar-refractivity contribution in [2.75, 3.05) is 7.11 Å². The molecule has 0 saturated carbocycles. The molecule has 2 heterocycles. The third kappa shape index (κ3) is 2.75. The molecule has 0 aliphatic rings. The molecule has 0 saturated heterocycles. The maximum absolute atomic E-state index is 13.1. The van der Waals surface area contributed by atoms with Crippen LogP contribution in [0.1, 0.15) is 5.56 Å². The Hall–Kier alpha value is -2.85. The summed E-state index contributed by atoms with van der Waals surface area (Å²) in [5, 5.41) is 3.03. The van der Waals surface area contributed by atoms with Crippen LogP contribution in [0.15, 0.2) is 65.7 Å². The minimum atomic E-state index is -0.0752. The van der Waals surface area contributed by atoms with Crippen molar-refractivity contribution in [1.29, 1.82) is 0 Å². The van der Waals surface area contributed by atoms with E-state index in [0.29, 0.717) is 17.0 Å². The molecule has 0 aliphatic carbocycles. The number of halogens is 1. The highest BCUT2D eigenvalue weighted by Gasteiger charge is 2.11.